The van der Waals surface area contributed by atoms with Crippen molar-refractivity contribution in [2.75, 3.05) is 16.2 Å². The summed E-state index contributed by atoms with van der Waals surface area (Å²) in [4.78, 5) is 12.8. The number of benzene rings is 3. The summed E-state index contributed by atoms with van der Waals surface area (Å²) in [5.74, 6) is -0.441. The predicted octanol–water partition coefficient (Wildman–Crippen LogP) is 4.74. The van der Waals surface area contributed by atoms with E-state index >= 15 is 0 Å². The van der Waals surface area contributed by atoms with Gasteiger partial charge in [-0.15, -0.1) is 0 Å². The second-order valence-electron chi connectivity index (χ2n) is 6.40. The Kier molecular flexibility index (Phi) is 6.56. The number of aryl methyl sites for hydroxylation is 1. The van der Waals surface area contributed by atoms with E-state index in [1.54, 1.807) is 54.6 Å². The Bertz CT molecular complexity index is 1070. The van der Waals surface area contributed by atoms with Gasteiger partial charge in [0.25, 0.3) is 10.0 Å². The Morgan fingerprint density at radius 3 is 2.14 bits per heavy atom. The molecule has 0 spiro atoms. The molecule has 29 heavy (non-hydrogen) atoms. The maximum Gasteiger partial charge on any atom is 0.264 e. The molecule has 0 aliphatic heterocycles. The molecule has 0 aliphatic carbocycles. The van der Waals surface area contributed by atoms with Crippen molar-refractivity contribution in [3.8, 4) is 0 Å². The third-order valence-electron chi connectivity index (χ3n) is 4.38. The molecule has 0 atom stereocenters. The van der Waals surface area contributed by atoms with Gasteiger partial charge in [-0.3, -0.25) is 9.10 Å². The second kappa shape index (κ2) is 9.11. The van der Waals surface area contributed by atoms with Gasteiger partial charge in [-0.05, 0) is 60.5 Å². The zero-order valence-electron chi connectivity index (χ0n) is 15.9. The van der Waals surface area contributed by atoms with E-state index in [4.69, 9.17) is 11.6 Å². The third-order valence-corrected chi connectivity index (χ3v) is 6.42. The zero-order valence-corrected chi connectivity index (χ0v) is 17.5. The summed E-state index contributed by atoms with van der Waals surface area (Å²) in [6, 6.07) is 21.8. The maximum absolute atomic E-state index is 13.2. The van der Waals surface area contributed by atoms with Gasteiger partial charge in [-0.25, -0.2) is 8.42 Å². The van der Waals surface area contributed by atoms with E-state index in [1.165, 1.54) is 12.1 Å². The standard InChI is InChI=1S/C22H21ClN2O3S/c1-2-17-8-12-19(13-9-17)24-22(26)16-25(20-14-10-18(23)11-15-20)29(27,28)21-6-4-3-5-7-21/h3-15H,2,16H2,1H3,(H,24,26). The fraction of sp³-hybridized carbons (Fsp3) is 0.136. The van der Waals surface area contributed by atoms with E-state index in [1.807, 2.05) is 19.1 Å². The van der Waals surface area contributed by atoms with Crippen molar-refractivity contribution in [2.45, 2.75) is 18.2 Å². The van der Waals surface area contributed by atoms with Crippen LogP contribution >= 0.6 is 11.6 Å². The van der Waals surface area contributed by atoms with Crippen molar-refractivity contribution in [3.63, 3.8) is 0 Å². The van der Waals surface area contributed by atoms with Crippen LogP contribution in [0.5, 0.6) is 0 Å². The molecule has 3 aromatic rings. The largest absolute Gasteiger partial charge is 0.325 e. The fourth-order valence-electron chi connectivity index (χ4n) is 2.80. The smallest absolute Gasteiger partial charge is 0.264 e. The molecule has 0 aliphatic rings. The minimum atomic E-state index is -3.94. The van der Waals surface area contributed by atoms with Gasteiger partial charge in [-0.1, -0.05) is 48.9 Å². The Morgan fingerprint density at radius 2 is 1.55 bits per heavy atom. The van der Waals surface area contributed by atoms with E-state index in [-0.39, 0.29) is 11.4 Å². The summed E-state index contributed by atoms with van der Waals surface area (Å²) in [6.45, 7) is 1.68. The van der Waals surface area contributed by atoms with Gasteiger partial charge in [0.2, 0.25) is 5.91 Å². The molecular weight excluding hydrogens is 408 g/mol. The van der Waals surface area contributed by atoms with Crippen LogP contribution in [0.2, 0.25) is 5.02 Å². The number of rotatable bonds is 7. The number of nitrogens with one attached hydrogen (secondary N) is 1. The molecule has 3 aromatic carbocycles. The molecule has 1 N–H and O–H groups in total. The number of nitrogens with zero attached hydrogens (tertiary/aromatic N) is 1. The van der Waals surface area contributed by atoms with Crippen LogP contribution in [-0.4, -0.2) is 20.9 Å². The van der Waals surface area contributed by atoms with Crippen molar-refractivity contribution in [1.82, 2.24) is 0 Å². The predicted molar refractivity (Wildman–Crippen MR) is 117 cm³/mol. The summed E-state index contributed by atoms with van der Waals surface area (Å²) in [5.41, 5.74) is 2.12. The van der Waals surface area contributed by atoms with Crippen LogP contribution in [0.1, 0.15) is 12.5 Å². The number of hydrogen-bond acceptors (Lipinski definition) is 3. The number of sulfonamides is 1. The summed E-state index contributed by atoms with van der Waals surface area (Å²) in [7, 11) is -3.94. The van der Waals surface area contributed by atoms with Crippen LogP contribution in [0.15, 0.2) is 83.8 Å². The first-order valence-electron chi connectivity index (χ1n) is 9.12. The Morgan fingerprint density at radius 1 is 0.931 bits per heavy atom. The molecule has 150 valence electrons. The number of carbonyl (C=O) groups is 1. The Balaban J connectivity index is 1.88. The van der Waals surface area contributed by atoms with E-state index < -0.39 is 15.9 Å². The number of anilines is 2. The second-order valence-corrected chi connectivity index (χ2v) is 8.70. The van der Waals surface area contributed by atoms with E-state index in [2.05, 4.69) is 5.32 Å². The van der Waals surface area contributed by atoms with Crippen molar-refractivity contribution in [1.29, 1.82) is 0 Å². The van der Waals surface area contributed by atoms with Crippen LogP contribution < -0.4 is 9.62 Å². The minimum absolute atomic E-state index is 0.107. The minimum Gasteiger partial charge on any atom is -0.325 e. The lowest BCUT2D eigenvalue weighted by Gasteiger charge is -2.24. The van der Waals surface area contributed by atoms with Crippen LogP contribution in [-0.2, 0) is 21.2 Å². The number of hydrogen-bond donors (Lipinski definition) is 1. The Labute approximate surface area is 176 Å². The molecular formula is C22H21ClN2O3S. The summed E-state index contributed by atoms with van der Waals surface area (Å²) < 4.78 is 27.5. The fourth-order valence-corrected chi connectivity index (χ4v) is 4.36. The van der Waals surface area contributed by atoms with Crippen molar-refractivity contribution in [2.24, 2.45) is 0 Å². The van der Waals surface area contributed by atoms with E-state index in [0.717, 1.165) is 16.3 Å². The average molecular weight is 429 g/mol. The number of amides is 1. The topological polar surface area (TPSA) is 66.5 Å². The molecule has 0 heterocycles. The quantitative estimate of drug-likeness (QED) is 0.591. The lowest BCUT2D eigenvalue weighted by Crippen LogP contribution is -2.38. The van der Waals surface area contributed by atoms with Gasteiger partial charge in [0, 0.05) is 10.7 Å². The number of halogens is 1. The van der Waals surface area contributed by atoms with E-state index in [0.29, 0.717) is 16.4 Å². The SMILES string of the molecule is CCc1ccc(NC(=O)CN(c2ccc(Cl)cc2)S(=O)(=O)c2ccccc2)cc1. The summed E-state index contributed by atoms with van der Waals surface area (Å²) in [5, 5.41) is 3.24. The van der Waals surface area contributed by atoms with Gasteiger partial charge < -0.3 is 5.32 Å². The third kappa shape index (κ3) is 5.16. The van der Waals surface area contributed by atoms with Crippen molar-refractivity contribution < 1.29 is 13.2 Å². The normalized spacial score (nSPS) is 11.1. The van der Waals surface area contributed by atoms with Crippen LogP contribution in [0.3, 0.4) is 0 Å². The molecule has 0 radical (unpaired) electrons. The highest BCUT2D eigenvalue weighted by molar-refractivity contribution is 7.92. The maximum atomic E-state index is 13.2. The summed E-state index contributed by atoms with van der Waals surface area (Å²) >= 11 is 5.94. The number of carbonyl (C=O) groups excluding carboxylic acids is 1. The van der Waals surface area contributed by atoms with Gasteiger partial charge >= 0.3 is 0 Å². The molecule has 0 saturated carbocycles. The van der Waals surface area contributed by atoms with Gasteiger partial charge in [0.15, 0.2) is 0 Å². The molecule has 0 aromatic heterocycles. The lowest BCUT2D eigenvalue weighted by atomic mass is 10.1. The molecule has 0 fully saturated rings. The highest BCUT2D eigenvalue weighted by Gasteiger charge is 2.27. The average Bonchev–Trinajstić information content (AvgIpc) is 2.74. The lowest BCUT2D eigenvalue weighted by molar-refractivity contribution is -0.114. The first kappa shape index (κ1) is 20.9. The first-order chi connectivity index (χ1) is 13.9. The van der Waals surface area contributed by atoms with Crippen LogP contribution in [0.25, 0.3) is 0 Å². The highest BCUT2D eigenvalue weighted by Crippen LogP contribution is 2.25. The molecule has 7 heteroatoms. The van der Waals surface area contributed by atoms with Crippen molar-refractivity contribution >= 4 is 38.9 Å². The van der Waals surface area contributed by atoms with E-state index in [9.17, 15) is 13.2 Å². The van der Waals surface area contributed by atoms with Crippen LogP contribution in [0.4, 0.5) is 11.4 Å². The van der Waals surface area contributed by atoms with Crippen LogP contribution in [0, 0.1) is 0 Å². The molecule has 3 rings (SSSR count). The van der Waals surface area contributed by atoms with Gasteiger partial charge in [0.05, 0.1) is 10.6 Å². The molecule has 0 saturated heterocycles. The van der Waals surface area contributed by atoms with Crippen molar-refractivity contribution in [3.05, 3.63) is 89.4 Å². The molecule has 5 nitrogen and oxygen atoms in total. The zero-order chi connectivity index (χ0) is 20.9. The summed E-state index contributed by atoms with van der Waals surface area (Å²) in [6.07, 6.45) is 0.897. The molecule has 0 unspecified atom stereocenters. The monoisotopic (exact) mass is 428 g/mol. The first-order valence-corrected chi connectivity index (χ1v) is 10.9. The molecule has 1 amide bonds. The highest BCUT2D eigenvalue weighted by atomic mass is 35.5. The Hall–Kier alpha value is -2.83. The van der Waals surface area contributed by atoms with Gasteiger partial charge in [-0.2, -0.15) is 0 Å². The van der Waals surface area contributed by atoms with Gasteiger partial charge in [0.1, 0.15) is 6.54 Å². The molecule has 0 bridgehead atoms.